The molecule has 1 heterocycles. The molecule has 0 fully saturated rings. The first kappa shape index (κ1) is 24.2. The first-order chi connectivity index (χ1) is 16.8. The Balaban J connectivity index is 1.80. The lowest BCUT2D eigenvalue weighted by atomic mass is 9.95. The summed E-state index contributed by atoms with van der Waals surface area (Å²) in [5.74, 6) is 1.57. The summed E-state index contributed by atoms with van der Waals surface area (Å²) in [5.41, 5.74) is 2.44. The summed E-state index contributed by atoms with van der Waals surface area (Å²) in [6, 6.07) is 16.8. The van der Waals surface area contributed by atoms with Crippen LogP contribution in [-0.2, 0) is 4.79 Å². The van der Waals surface area contributed by atoms with E-state index in [1.165, 1.54) is 16.2 Å². The number of hydrogen-bond acceptors (Lipinski definition) is 4. The van der Waals surface area contributed by atoms with E-state index in [1.807, 2.05) is 99.7 Å². The van der Waals surface area contributed by atoms with Gasteiger partial charge in [0.15, 0.2) is 5.01 Å². The van der Waals surface area contributed by atoms with Gasteiger partial charge in [0.1, 0.15) is 11.7 Å². The standard InChI is InChI=1S/C29H27N3O2S/c1-5-25-30-24(19-35-25)28(34)32(23-17-15-21(16-18-23)20-11-7-6-8-12-20)26(22-13-9-10-14-22)27(33)31-29(2,3)4/h1,6-19,22,26H,2-4H3,(H,31,33). The van der Waals surface area contributed by atoms with Crippen LogP contribution in [0.25, 0.3) is 11.1 Å². The lowest BCUT2D eigenvalue weighted by Crippen LogP contribution is -2.56. The van der Waals surface area contributed by atoms with Crippen molar-refractivity contribution >= 4 is 28.8 Å². The van der Waals surface area contributed by atoms with E-state index in [1.54, 1.807) is 5.38 Å². The van der Waals surface area contributed by atoms with E-state index in [9.17, 15) is 9.59 Å². The third-order valence-electron chi connectivity index (χ3n) is 5.51. The van der Waals surface area contributed by atoms with Crippen LogP contribution in [0.3, 0.4) is 0 Å². The molecule has 0 saturated carbocycles. The van der Waals surface area contributed by atoms with Crippen LogP contribution in [0.15, 0.2) is 84.3 Å². The molecule has 2 aromatic carbocycles. The monoisotopic (exact) mass is 481 g/mol. The van der Waals surface area contributed by atoms with Crippen molar-refractivity contribution in [3.63, 3.8) is 0 Å². The maximum atomic E-state index is 13.9. The Bertz CT molecular complexity index is 1300. The topological polar surface area (TPSA) is 62.3 Å². The molecule has 1 unspecified atom stereocenters. The van der Waals surface area contributed by atoms with Crippen LogP contribution < -0.4 is 10.2 Å². The fourth-order valence-electron chi connectivity index (χ4n) is 3.98. The van der Waals surface area contributed by atoms with Crippen LogP contribution in [-0.4, -0.2) is 28.4 Å². The van der Waals surface area contributed by atoms with Gasteiger partial charge in [0, 0.05) is 22.5 Å². The fraction of sp³-hybridized carbons (Fsp3) is 0.207. The Morgan fingerprint density at radius 2 is 1.66 bits per heavy atom. The Morgan fingerprint density at radius 1 is 1.03 bits per heavy atom. The van der Waals surface area contributed by atoms with Crippen LogP contribution >= 0.6 is 11.3 Å². The van der Waals surface area contributed by atoms with Gasteiger partial charge in [0.05, 0.1) is 0 Å². The molecule has 1 aliphatic carbocycles. The predicted octanol–water partition coefficient (Wildman–Crippen LogP) is 5.46. The highest BCUT2D eigenvalue weighted by Crippen LogP contribution is 2.30. The largest absolute Gasteiger partial charge is 0.350 e. The van der Waals surface area contributed by atoms with Crippen molar-refractivity contribution in [2.75, 3.05) is 4.90 Å². The van der Waals surface area contributed by atoms with Crippen molar-refractivity contribution in [2.24, 2.45) is 5.92 Å². The van der Waals surface area contributed by atoms with Crippen molar-refractivity contribution in [3.05, 3.63) is 95.0 Å². The average molecular weight is 482 g/mol. The van der Waals surface area contributed by atoms with Crippen LogP contribution in [0.5, 0.6) is 0 Å². The fourth-order valence-corrected chi connectivity index (χ4v) is 4.57. The molecule has 0 spiro atoms. The number of rotatable bonds is 6. The number of terminal acetylenes is 1. The number of amides is 2. The quantitative estimate of drug-likeness (QED) is 0.475. The lowest BCUT2D eigenvalue weighted by Gasteiger charge is -2.35. The molecule has 6 heteroatoms. The summed E-state index contributed by atoms with van der Waals surface area (Å²) in [6.07, 6.45) is 13.1. The van der Waals surface area contributed by atoms with Crippen molar-refractivity contribution in [1.29, 1.82) is 0 Å². The minimum atomic E-state index is -0.810. The van der Waals surface area contributed by atoms with E-state index in [2.05, 4.69) is 16.2 Å². The maximum Gasteiger partial charge on any atom is 0.278 e. The van der Waals surface area contributed by atoms with Gasteiger partial charge in [-0.3, -0.25) is 14.5 Å². The van der Waals surface area contributed by atoms with Gasteiger partial charge in [-0.1, -0.05) is 66.8 Å². The average Bonchev–Trinajstić information content (AvgIpc) is 3.54. The summed E-state index contributed by atoms with van der Waals surface area (Å²) < 4.78 is 0. The molecule has 1 N–H and O–H groups in total. The Kier molecular flexibility index (Phi) is 6.99. The highest BCUT2D eigenvalue weighted by Gasteiger charge is 2.38. The zero-order chi connectivity index (χ0) is 25.0. The Labute approximate surface area is 210 Å². The third-order valence-corrected chi connectivity index (χ3v) is 6.28. The molecular weight excluding hydrogens is 454 g/mol. The highest BCUT2D eigenvalue weighted by atomic mass is 32.1. The smallest absolute Gasteiger partial charge is 0.278 e. The van der Waals surface area contributed by atoms with Crippen molar-refractivity contribution in [3.8, 4) is 23.5 Å². The van der Waals surface area contributed by atoms with Crippen LogP contribution in [0.2, 0.25) is 0 Å². The number of carbonyl (C=O) groups excluding carboxylic acids is 2. The summed E-state index contributed by atoms with van der Waals surface area (Å²) in [6.45, 7) is 5.76. The van der Waals surface area contributed by atoms with E-state index in [0.717, 1.165) is 11.1 Å². The number of thiazole rings is 1. The molecule has 2 amide bonds. The van der Waals surface area contributed by atoms with E-state index in [4.69, 9.17) is 6.42 Å². The maximum absolute atomic E-state index is 13.9. The summed E-state index contributed by atoms with van der Waals surface area (Å²) >= 11 is 1.23. The van der Waals surface area contributed by atoms with Gasteiger partial charge < -0.3 is 5.32 Å². The first-order valence-electron chi connectivity index (χ1n) is 11.3. The van der Waals surface area contributed by atoms with E-state index in [0.29, 0.717) is 10.7 Å². The van der Waals surface area contributed by atoms with Gasteiger partial charge in [0.25, 0.3) is 5.91 Å². The minimum Gasteiger partial charge on any atom is -0.350 e. The molecule has 4 rings (SSSR count). The molecule has 0 bridgehead atoms. The van der Waals surface area contributed by atoms with Crippen molar-refractivity contribution in [1.82, 2.24) is 10.3 Å². The Morgan fingerprint density at radius 3 is 2.23 bits per heavy atom. The second kappa shape index (κ2) is 10.1. The molecule has 0 aliphatic heterocycles. The molecule has 0 saturated heterocycles. The molecule has 1 aliphatic rings. The number of aromatic nitrogens is 1. The first-order valence-corrected chi connectivity index (χ1v) is 12.2. The molecule has 35 heavy (non-hydrogen) atoms. The van der Waals surface area contributed by atoms with Crippen LogP contribution in [0, 0.1) is 18.3 Å². The third kappa shape index (κ3) is 5.59. The van der Waals surface area contributed by atoms with Gasteiger partial charge in [0.2, 0.25) is 5.91 Å². The predicted molar refractivity (Wildman–Crippen MR) is 142 cm³/mol. The van der Waals surface area contributed by atoms with E-state index < -0.39 is 11.6 Å². The number of allylic oxidation sites excluding steroid dienone is 2. The Hall–Kier alpha value is -3.95. The molecular formula is C29H27N3O2S. The van der Waals surface area contributed by atoms with Crippen LogP contribution in [0.4, 0.5) is 5.69 Å². The van der Waals surface area contributed by atoms with Gasteiger partial charge >= 0.3 is 0 Å². The van der Waals surface area contributed by atoms with Crippen molar-refractivity contribution < 1.29 is 9.59 Å². The number of carbonyl (C=O) groups is 2. The summed E-state index contributed by atoms with van der Waals surface area (Å²) in [7, 11) is 0. The number of benzene rings is 2. The van der Waals surface area contributed by atoms with Gasteiger partial charge in [-0.15, -0.1) is 17.8 Å². The van der Waals surface area contributed by atoms with Gasteiger partial charge in [-0.05, 0) is 50.0 Å². The van der Waals surface area contributed by atoms with Crippen molar-refractivity contribution in [2.45, 2.75) is 32.4 Å². The van der Waals surface area contributed by atoms with Crippen LogP contribution in [0.1, 0.15) is 36.3 Å². The van der Waals surface area contributed by atoms with E-state index in [-0.39, 0.29) is 23.4 Å². The molecule has 3 aromatic rings. The highest BCUT2D eigenvalue weighted by molar-refractivity contribution is 7.10. The van der Waals surface area contributed by atoms with Gasteiger partial charge in [-0.2, -0.15) is 0 Å². The SMILES string of the molecule is C#Cc1nc(C(=O)N(c2ccc(-c3ccccc3)cc2)C(C(=O)NC(C)(C)C)C2C=CC=C2)cs1. The van der Waals surface area contributed by atoms with Gasteiger partial charge in [-0.25, -0.2) is 4.98 Å². The zero-order valence-electron chi connectivity index (χ0n) is 19.9. The molecule has 5 nitrogen and oxygen atoms in total. The normalized spacial score (nSPS) is 13.9. The molecule has 176 valence electrons. The van der Waals surface area contributed by atoms with E-state index >= 15 is 0 Å². The number of nitrogens with zero attached hydrogens (tertiary/aromatic N) is 2. The number of hydrogen-bond donors (Lipinski definition) is 1. The minimum absolute atomic E-state index is 0.217. The second-order valence-electron chi connectivity index (χ2n) is 9.30. The molecule has 1 aromatic heterocycles. The lowest BCUT2D eigenvalue weighted by molar-refractivity contribution is -0.124. The summed E-state index contributed by atoms with van der Waals surface area (Å²) in [4.78, 5) is 33.3. The molecule has 0 radical (unpaired) electrons. The zero-order valence-corrected chi connectivity index (χ0v) is 20.8. The summed E-state index contributed by atoms with van der Waals surface area (Å²) in [5, 5.41) is 5.12. The second-order valence-corrected chi connectivity index (χ2v) is 10.2. The number of nitrogens with one attached hydrogen (secondary N) is 1. The number of anilines is 1. The molecule has 1 atom stereocenters.